The zero-order valence-electron chi connectivity index (χ0n) is 11.1. The summed E-state index contributed by atoms with van der Waals surface area (Å²) in [7, 11) is 0. The monoisotopic (exact) mass is 298 g/mol. The normalized spacial score (nSPS) is 26.6. The molecule has 110 valence electrons. The molecular weight excluding hydrogens is 280 g/mol. The molecule has 0 aliphatic carbocycles. The second-order valence-corrected chi connectivity index (χ2v) is 6.26. The van der Waals surface area contributed by atoms with Gasteiger partial charge in [-0.1, -0.05) is 18.2 Å². The third kappa shape index (κ3) is 2.49. The molecule has 2 saturated heterocycles. The van der Waals surface area contributed by atoms with E-state index in [0.29, 0.717) is 11.2 Å². The Hall–Kier alpha value is -1.28. The predicted octanol–water partition coefficient (Wildman–Crippen LogP) is 0.547. The van der Waals surface area contributed by atoms with Crippen LogP contribution in [0.4, 0.5) is 0 Å². The Morgan fingerprint density at radius 1 is 1.35 bits per heavy atom. The summed E-state index contributed by atoms with van der Waals surface area (Å²) in [6.07, 6.45) is 4.46. The number of aliphatic carboxylic acids is 1. The lowest BCUT2D eigenvalue weighted by Crippen LogP contribution is -2.39. The molecule has 0 aromatic carbocycles. The number of H-pyrrole nitrogens is 1. The van der Waals surface area contributed by atoms with Gasteiger partial charge in [0.25, 0.3) is 0 Å². The molecule has 0 amide bonds. The van der Waals surface area contributed by atoms with Gasteiger partial charge < -0.3 is 5.11 Å². The van der Waals surface area contributed by atoms with Crippen LogP contribution >= 0.6 is 11.8 Å². The minimum absolute atomic E-state index is 0.0780. The Morgan fingerprint density at radius 2 is 2.20 bits per heavy atom. The topological polar surface area (TPSA) is 91.2 Å². The summed E-state index contributed by atoms with van der Waals surface area (Å²) in [5.41, 5.74) is -0.227. The SMILES string of the molecule is O=C(O)CSc1n[nH]c(=O)n1C1CCN2CCCCC12. The first-order valence-electron chi connectivity index (χ1n) is 6.92. The minimum atomic E-state index is -0.900. The van der Waals surface area contributed by atoms with Crippen LogP contribution in [-0.2, 0) is 4.79 Å². The second kappa shape index (κ2) is 5.61. The van der Waals surface area contributed by atoms with Gasteiger partial charge in [0, 0.05) is 12.6 Å². The highest BCUT2D eigenvalue weighted by Crippen LogP contribution is 2.35. The van der Waals surface area contributed by atoms with Gasteiger partial charge in [-0.05, 0) is 25.8 Å². The Morgan fingerprint density at radius 3 is 3.00 bits per heavy atom. The quantitative estimate of drug-likeness (QED) is 0.789. The molecular formula is C12H18N4O3S. The molecule has 20 heavy (non-hydrogen) atoms. The lowest BCUT2D eigenvalue weighted by Gasteiger charge is -2.32. The zero-order chi connectivity index (χ0) is 14.1. The van der Waals surface area contributed by atoms with Crippen molar-refractivity contribution in [2.75, 3.05) is 18.8 Å². The van der Waals surface area contributed by atoms with Crippen LogP contribution in [0, 0.1) is 0 Å². The first-order chi connectivity index (χ1) is 9.66. The van der Waals surface area contributed by atoms with Gasteiger partial charge in [0.05, 0.1) is 11.8 Å². The summed E-state index contributed by atoms with van der Waals surface area (Å²) in [5.74, 6) is -0.978. The van der Waals surface area contributed by atoms with Crippen molar-refractivity contribution in [1.29, 1.82) is 0 Å². The van der Waals surface area contributed by atoms with Crippen LogP contribution in [0.25, 0.3) is 0 Å². The van der Waals surface area contributed by atoms with Crippen molar-refractivity contribution in [2.45, 2.75) is 42.9 Å². The van der Waals surface area contributed by atoms with Gasteiger partial charge in [-0.2, -0.15) is 0 Å². The molecule has 1 aromatic heterocycles. The number of carboxylic acid groups (broad SMARTS) is 1. The smallest absolute Gasteiger partial charge is 0.344 e. The fraction of sp³-hybridized carbons (Fsp3) is 0.750. The second-order valence-electron chi connectivity index (χ2n) is 5.32. The summed E-state index contributed by atoms with van der Waals surface area (Å²) < 4.78 is 1.67. The van der Waals surface area contributed by atoms with Gasteiger partial charge in [0.2, 0.25) is 0 Å². The molecule has 2 unspecified atom stereocenters. The van der Waals surface area contributed by atoms with Crippen molar-refractivity contribution in [3.8, 4) is 0 Å². The molecule has 2 aliphatic rings. The minimum Gasteiger partial charge on any atom is -0.481 e. The van der Waals surface area contributed by atoms with E-state index in [4.69, 9.17) is 5.11 Å². The van der Waals surface area contributed by atoms with E-state index in [2.05, 4.69) is 15.1 Å². The van der Waals surface area contributed by atoms with Crippen LogP contribution in [0.1, 0.15) is 31.7 Å². The molecule has 0 saturated carbocycles. The zero-order valence-corrected chi connectivity index (χ0v) is 11.9. The maximum Gasteiger partial charge on any atom is 0.344 e. The number of nitrogens with zero attached hydrogens (tertiary/aromatic N) is 3. The summed E-state index contributed by atoms with van der Waals surface area (Å²) in [4.78, 5) is 25.1. The Kier molecular flexibility index (Phi) is 3.84. The first kappa shape index (κ1) is 13.7. The van der Waals surface area contributed by atoms with Crippen LogP contribution < -0.4 is 5.69 Å². The molecule has 2 atom stereocenters. The number of hydrogen-bond acceptors (Lipinski definition) is 5. The average molecular weight is 298 g/mol. The van der Waals surface area contributed by atoms with Gasteiger partial charge in [-0.3, -0.25) is 14.3 Å². The molecule has 3 rings (SSSR count). The van der Waals surface area contributed by atoms with Gasteiger partial charge in [-0.15, -0.1) is 5.10 Å². The molecule has 0 radical (unpaired) electrons. The summed E-state index contributed by atoms with van der Waals surface area (Å²) in [5, 5.41) is 15.7. The van der Waals surface area contributed by atoms with E-state index in [-0.39, 0.29) is 17.5 Å². The molecule has 1 aromatic rings. The summed E-state index contributed by atoms with van der Waals surface area (Å²) in [6.45, 7) is 2.11. The largest absolute Gasteiger partial charge is 0.481 e. The highest BCUT2D eigenvalue weighted by molar-refractivity contribution is 7.99. The van der Waals surface area contributed by atoms with E-state index < -0.39 is 5.97 Å². The predicted molar refractivity (Wildman–Crippen MR) is 74.1 cm³/mol. The number of rotatable bonds is 4. The van der Waals surface area contributed by atoms with Crippen molar-refractivity contribution in [2.24, 2.45) is 0 Å². The average Bonchev–Trinajstić information content (AvgIpc) is 3.00. The highest BCUT2D eigenvalue weighted by Gasteiger charge is 2.38. The Balaban J connectivity index is 1.84. The number of carbonyl (C=O) groups is 1. The molecule has 2 aliphatic heterocycles. The Bertz CT molecular complexity index is 555. The number of piperidine rings is 1. The van der Waals surface area contributed by atoms with Crippen LogP contribution in [0.5, 0.6) is 0 Å². The number of aromatic nitrogens is 3. The van der Waals surface area contributed by atoms with E-state index >= 15 is 0 Å². The van der Waals surface area contributed by atoms with Crippen LogP contribution in [0.15, 0.2) is 9.95 Å². The molecule has 3 heterocycles. The first-order valence-corrected chi connectivity index (χ1v) is 7.91. The van der Waals surface area contributed by atoms with Crippen molar-refractivity contribution in [3.63, 3.8) is 0 Å². The lowest BCUT2D eigenvalue weighted by atomic mass is 9.99. The van der Waals surface area contributed by atoms with Crippen molar-refractivity contribution in [1.82, 2.24) is 19.7 Å². The van der Waals surface area contributed by atoms with Crippen molar-refractivity contribution >= 4 is 17.7 Å². The number of nitrogens with one attached hydrogen (secondary N) is 1. The number of thioether (sulfide) groups is 1. The summed E-state index contributed by atoms with van der Waals surface area (Å²) in [6, 6.07) is 0.515. The number of aromatic amines is 1. The molecule has 2 N–H and O–H groups in total. The van der Waals surface area contributed by atoms with E-state index in [1.165, 1.54) is 12.8 Å². The molecule has 0 spiro atoms. The Labute approximate surface area is 120 Å². The third-order valence-electron chi connectivity index (χ3n) is 4.15. The maximum absolute atomic E-state index is 12.0. The van der Waals surface area contributed by atoms with Crippen LogP contribution in [-0.4, -0.2) is 55.6 Å². The molecule has 2 fully saturated rings. The van der Waals surface area contributed by atoms with Crippen LogP contribution in [0.2, 0.25) is 0 Å². The molecule has 8 heteroatoms. The van der Waals surface area contributed by atoms with Gasteiger partial charge in [0.15, 0.2) is 5.16 Å². The molecule has 0 bridgehead atoms. The van der Waals surface area contributed by atoms with Crippen LogP contribution in [0.3, 0.4) is 0 Å². The highest BCUT2D eigenvalue weighted by atomic mass is 32.2. The molecule has 7 nitrogen and oxygen atoms in total. The van der Waals surface area contributed by atoms with Crippen molar-refractivity contribution in [3.05, 3.63) is 10.5 Å². The fourth-order valence-electron chi connectivity index (χ4n) is 3.33. The summed E-state index contributed by atoms with van der Waals surface area (Å²) >= 11 is 1.10. The van der Waals surface area contributed by atoms with E-state index in [9.17, 15) is 9.59 Å². The number of carboxylic acids is 1. The van der Waals surface area contributed by atoms with E-state index in [0.717, 1.165) is 37.7 Å². The van der Waals surface area contributed by atoms with Crippen molar-refractivity contribution < 1.29 is 9.90 Å². The van der Waals surface area contributed by atoms with E-state index in [1.807, 2.05) is 0 Å². The number of fused-ring (bicyclic) bond motifs is 1. The fourth-order valence-corrected chi connectivity index (χ4v) is 4.05. The number of hydrogen-bond donors (Lipinski definition) is 2. The van der Waals surface area contributed by atoms with Gasteiger partial charge in [0.1, 0.15) is 0 Å². The van der Waals surface area contributed by atoms with E-state index in [1.54, 1.807) is 4.57 Å². The third-order valence-corrected chi connectivity index (χ3v) is 5.09. The van der Waals surface area contributed by atoms with Gasteiger partial charge >= 0.3 is 11.7 Å². The standard InChI is InChI=1S/C12H18N4O3S/c17-10(18)7-20-12-14-13-11(19)16(12)9-4-6-15-5-2-1-3-8(9)15/h8-9H,1-7H2,(H,13,19)(H,17,18). The lowest BCUT2D eigenvalue weighted by molar-refractivity contribution is -0.133. The van der Waals surface area contributed by atoms with Gasteiger partial charge in [-0.25, -0.2) is 9.89 Å². The maximum atomic E-state index is 12.0.